The van der Waals surface area contributed by atoms with Gasteiger partial charge in [-0.3, -0.25) is 4.79 Å². The normalized spacial score (nSPS) is 11.2. The third-order valence-electron chi connectivity index (χ3n) is 5.36. The third kappa shape index (κ3) is 4.57. The van der Waals surface area contributed by atoms with E-state index in [1.807, 2.05) is 97.1 Å². The quantitative estimate of drug-likeness (QED) is 0.276. The maximum absolute atomic E-state index is 12.6. The van der Waals surface area contributed by atoms with Gasteiger partial charge in [0.1, 0.15) is 18.1 Å². The predicted octanol–water partition coefficient (Wildman–Crippen LogP) is 5.73. The molecule has 0 spiro atoms. The van der Waals surface area contributed by atoms with Gasteiger partial charge < -0.3 is 4.74 Å². The number of hydrogen-bond donors (Lipinski definition) is 1. The maximum Gasteiger partial charge on any atom is 0.289 e. The molecule has 0 fully saturated rings. The number of hydrazone groups is 1. The van der Waals surface area contributed by atoms with Gasteiger partial charge in [-0.25, -0.2) is 10.4 Å². The molecule has 4 aromatic carbocycles. The Morgan fingerprint density at radius 1 is 0.818 bits per heavy atom. The first-order valence-electron chi connectivity index (χ1n) is 10.7. The molecule has 0 unspecified atom stereocenters. The Bertz CT molecular complexity index is 1460. The number of hydrogen-bond acceptors (Lipinski definition) is 4. The number of rotatable bonds is 6. The average molecular weight is 431 g/mol. The summed E-state index contributed by atoms with van der Waals surface area (Å²) in [6.07, 6.45) is 1.63. The van der Waals surface area contributed by atoms with Crippen LogP contribution in [0, 0.1) is 0 Å². The van der Waals surface area contributed by atoms with E-state index in [0.717, 1.165) is 32.8 Å². The van der Waals surface area contributed by atoms with Gasteiger partial charge in [0.25, 0.3) is 5.91 Å². The number of pyridine rings is 1. The monoisotopic (exact) mass is 431 g/mol. The summed E-state index contributed by atoms with van der Waals surface area (Å²) in [7, 11) is 0. The first kappa shape index (κ1) is 20.4. The van der Waals surface area contributed by atoms with Gasteiger partial charge in [-0.2, -0.15) is 5.10 Å². The number of amides is 1. The molecule has 0 bridgehead atoms. The number of carbonyl (C=O) groups excluding carboxylic acids is 1. The van der Waals surface area contributed by atoms with Crippen LogP contribution in [0.15, 0.2) is 108 Å². The van der Waals surface area contributed by atoms with E-state index in [1.165, 1.54) is 0 Å². The van der Waals surface area contributed by atoms with Crippen LogP contribution in [0.5, 0.6) is 5.75 Å². The summed E-state index contributed by atoms with van der Waals surface area (Å²) < 4.78 is 6.11. The van der Waals surface area contributed by atoms with E-state index in [2.05, 4.69) is 15.5 Å². The summed E-state index contributed by atoms with van der Waals surface area (Å²) in [6.45, 7) is 0.438. The van der Waals surface area contributed by atoms with Crippen LogP contribution in [0.3, 0.4) is 0 Å². The molecule has 1 heterocycles. The van der Waals surface area contributed by atoms with Crippen molar-refractivity contribution in [3.63, 3.8) is 0 Å². The van der Waals surface area contributed by atoms with E-state index in [-0.39, 0.29) is 5.91 Å². The highest BCUT2D eigenvalue weighted by atomic mass is 16.5. The molecule has 1 N–H and O–H groups in total. The fourth-order valence-corrected chi connectivity index (χ4v) is 3.68. The van der Waals surface area contributed by atoms with Gasteiger partial charge in [0, 0.05) is 10.9 Å². The van der Waals surface area contributed by atoms with Crippen LogP contribution in [0.2, 0.25) is 0 Å². The second-order valence-electron chi connectivity index (χ2n) is 7.56. The Balaban J connectivity index is 1.39. The summed E-state index contributed by atoms with van der Waals surface area (Å²) in [5.74, 6) is 0.323. The van der Waals surface area contributed by atoms with Gasteiger partial charge in [-0.15, -0.1) is 0 Å². The van der Waals surface area contributed by atoms with Crippen molar-refractivity contribution in [2.45, 2.75) is 6.61 Å². The molecule has 0 aliphatic heterocycles. The van der Waals surface area contributed by atoms with Gasteiger partial charge in [0.05, 0.1) is 11.7 Å². The van der Waals surface area contributed by atoms with Crippen molar-refractivity contribution in [2.75, 3.05) is 0 Å². The highest BCUT2D eigenvalue weighted by Gasteiger charge is 2.10. The van der Waals surface area contributed by atoms with E-state index < -0.39 is 0 Å². The number of fused-ring (bicyclic) bond motifs is 2. The van der Waals surface area contributed by atoms with Crippen LogP contribution < -0.4 is 10.2 Å². The summed E-state index contributed by atoms with van der Waals surface area (Å²) in [5, 5.41) is 7.25. The molecule has 5 rings (SSSR count). The Morgan fingerprint density at radius 3 is 2.42 bits per heavy atom. The molecule has 5 aromatic rings. The van der Waals surface area contributed by atoms with E-state index in [0.29, 0.717) is 18.1 Å². The van der Waals surface area contributed by atoms with Gasteiger partial charge in [0.15, 0.2) is 0 Å². The zero-order valence-corrected chi connectivity index (χ0v) is 17.8. The Labute approximate surface area is 191 Å². The second-order valence-corrected chi connectivity index (χ2v) is 7.56. The zero-order chi connectivity index (χ0) is 22.5. The summed E-state index contributed by atoms with van der Waals surface area (Å²) in [4.78, 5) is 17.0. The van der Waals surface area contributed by atoms with Gasteiger partial charge in [-0.05, 0) is 34.5 Å². The van der Waals surface area contributed by atoms with Crippen molar-refractivity contribution in [2.24, 2.45) is 5.10 Å². The fraction of sp³-hybridized carbons (Fsp3) is 0.0357. The van der Waals surface area contributed by atoms with Crippen LogP contribution in [0.4, 0.5) is 0 Å². The Kier molecular flexibility index (Phi) is 5.76. The minimum Gasteiger partial charge on any atom is -0.488 e. The van der Waals surface area contributed by atoms with E-state index in [4.69, 9.17) is 4.74 Å². The number of para-hydroxylation sites is 1. The van der Waals surface area contributed by atoms with Crippen molar-refractivity contribution >= 4 is 33.8 Å². The molecule has 5 heteroatoms. The highest BCUT2D eigenvalue weighted by Crippen LogP contribution is 2.27. The number of aromatic nitrogens is 1. The minimum atomic E-state index is -0.371. The van der Waals surface area contributed by atoms with E-state index in [1.54, 1.807) is 12.3 Å². The summed E-state index contributed by atoms with van der Waals surface area (Å²) in [5.41, 5.74) is 5.54. The molecule has 0 radical (unpaired) electrons. The average Bonchev–Trinajstić information content (AvgIpc) is 2.88. The first-order valence-corrected chi connectivity index (χ1v) is 10.7. The number of nitrogens with one attached hydrogen (secondary N) is 1. The second kappa shape index (κ2) is 9.32. The van der Waals surface area contributed by atoms with Crippen LogP contribution in [0.1, 0.15) is 21.6 Å². The molecule has 160 valence electrons. The lowest BCUT2D eigenvalue weighted by Gasteiger charge is -2.12. The van der Waals surface area contributed by atoms with Crippen molar-refractivity contribution in [1.29, 1.82) is 0 Å². The lowest BCUT2D eigenvalue weighted by molar-refractivity contribution is 0.0950. The van der Waals surface area contributed by atoms with Crippen molar-refractivity contribution in [3.05, 3.63) is 120 Å². The topological polar surface area (TPSA) is 63.6 Å². The molecular formula is C28H21N3O2. The number of ether oxygens (including phenoxy) is 1. The largest absolute Gasteiger partial charge is 0.488 e. The third-order valence-corrected chi connectivity index (χ3v) is 5.36. The highest BCUT2D eigenvalue weighted by molar-refractivity contribution is 6.03. The van der Waals surface area contributed by atoms with Crippen LogP contribution in [0.25, 0.3) is 21.7 Å². The molecule has 1 aromatic heterocycles. The summed E-state index contributed by atoms with van der Waals surface area (Å²) >= 11 is 0. The van der Waals surface area contributed by atoms with Gasteiger partial charge in [-0.1, -0.05) is 84.9 Å². The van der Waals surface area contributed by atoms with Crippen LogP contribution >= 0.6 is 0 Å². The number of nitrogens with zero attached hydrogens (tertiary/aromatic N) is 2. The lowest BCUT2D eigenvalue weighted by atomic mass is 10.0. The van der Waals surface area contributed by atoms with E-state index >= 15 is 0 Å². The van der Waals surface area contributed by atoms with Gasteiger partial charge in [0.2, 0.25) is 0 Å². The molecule has 33 heavy (non-hydrogen) atoms. The predicted molar refractivity (Wildman–Crippen MR) is 132 cm³/mol. The van der Waals surface area contributed by atoms with Gasteiger partial charge >= 0.3 is 0 Å². The van der Waals surface area contributed by atoms with Crippen LogP contribution in [-0.2, 0) is 6.61 Å². The summed E-state index contributed by atoms with van der Waals surface area (Å²) in [6, 6.07) is 33.2. The number of carbonyl (C=O) groups is 1. The fourth-order valence-electron chi connectivity index (χ4n) is 3.68. The maximum atomic E-state index is 12.6. The molecule has 1 amide bonds. The number of benzene rings is 4. The minimum absolute atomic E-state index is 0.310. The molecule has 0 saturated carbocycles. The molecular weight excluding hydrogens is 410 g/mol. The van der Waals surface area contributed by atoms with Crippen molar-refractivity contribution < 1.29 is 9.53 Å². The molecule has 0 aliphatic rings. The smallest absolute Gasteiger partial charge is 0.289 e. The standard InChI is InChI=1S/C28H21N3O2/c32-28(26-16-14-22-11-5-7-13-25(22)30-26)31-29-18-24-23-12-6-4-10-21(23)15-17-27(24)33-19-20-8-2-1-3-9-20/h1-18H,19H2,(H,31,32)/b29-18-. The Hall–Kier alpha value is -4.51. The lowest BCUT2D eigenvalue weighted by Crippen LogP contribution is -2.19. The zero-order valence-electron chi connectivity index (χ0n) is 17.8. The molecule has 0 aliphatic carbocycles. The van der Waals surface area contributed by atoms with E-state index in [9.17, 15) is 4.79 Å². The van der Waals surface area contributed by atoms with Crippen molar-refractivity contribution in [3.8, 4) is 5.75 Å². The molecule has 0 saturated heterocycles. The SMILES string of the molecule is O=C(N/N=C\c1c(OCc2ccccc2)ccc2ccccc12)c1ccc2ccccc2n1. The van der Waals surface area contributed by atoms with Crippen molar-refractivity contribution in [1.82, 2.24) is 10.4 Å². The first-order chi connectivity index (χ1) is 16.3. The molecule has 5 nitrogen and oxygen atoms in total. The molecule has 0 atom stereocenters. The van der Waals surface area contributed by atoms with Crippen LogP contribution in [-0.4, -0.2) is 17.1 Å². The Morgan fingerprint density at radius 2 is 1.55 bits per heavy atom.